The number of rotatable bonds is 6. The van der Waals surface area contributed by atoms with Gasteiger partial charge in [0.25, 0.3) is 5.91 Å². The van der Waals surface area contributed by atoms with Gasteiger partial charge in [0.15, 0.2) is 6.61 Å². The molecule has 0 aliphatic carbocycles. The molecule has 1 aromatic heterocycles. The van der Waals surface area contributed by atoms with Crippen molar-refractivity contribution in [3.05, 3.63) is 65.0 Å². The van der Waals surface area contributed by atoms with Gasteiger partial charge in [0.2, 0.25) is 0 Å². The van der Waals surface area contributed by atoms with Crippen molar-refractivity contribution in [3.63, 3.8) is 0 Å². The first-order valence-corrected chi connectivity index (χ1v) is 9.07. The standard InChI is InChI=1S/C19H16F3N3O2S/c1-25(10-13-2-8-16(9-3-13)27-12-19(20,21)22)18(26)15-6-4-14(5-7-15)17-11-28-24-23-17/h2-9,11H,10,12H2,1H3. The highest BCUT2D eigenvalue weighted by Crippen LogP contribution is 2.21. The van der Waals surface area contributed by atoms with Crippen molar-refractivity contribution in [1.29, 1.82) is 0 Å². The molecule has 2 aromatic carbocycles. The maximum absolute atomic E-state index is 12.6. The van der Waals surface area contributed by atoms with E-state index in [-0.39, 0.29) is 11.7 Å². The third-order valence-corrected chi connectivity index (χ3v) is 4.38. The molecule has 0 bridgehead atoms. The van der Waals surface area contributed by atoms with Crippen molar-refractivity contribution in [2.24, 2.45) is 0 Å². The number of halogens is 3. The summed E-state index contributed by atoms with van der Waals surface area (Å²) in [4.78, 5) is 14.1. The molecule has 0 spiro atoms. The van der Waals surface area contributed by atoms with E-state index in [1.807, 2.05) is 17.5 Å². The summed E-state index contributed by atoms with van der Waals surface area (Å²) in [5.74, 6) is -0.0393. The van der Waals surface area contributed by atoms with E-state index in [4.69, 9.17) is 0 Å². The van der Waals surface area contributed by atoms with Crippen LogP contribution in [0.15, 0.2) is 53.9 Å². The fourth-order valence-electron chi connectivity index (χ4n) is 2.50. The van der Waals surface area contributed by atoms with Crippen LogP contribution in [0.2, 0.25) is 0 Å². The molecule has 1 heterocycles. The van der Waals surface area contributed by atoms with Crippen molar-refractivity contribution >= 4 is 17.4 Å². The molecule has 146 valence electrons. The van der Waals surface area contributed by atoms with Crippen LogP contribution in [0.4, 0.5) is 13.2 Å². The van der Waals surface area contributed by atoms with Gasteiger partial charge in [-0.3, -0.25) is 4.79 Å². The minimum atomic E-state index is -4.38. The maximum Gasteiger partial charge on any atom is 0.422 e. The summed E-state index contributed by atoms with van der Waals surface area (Å²) in [5, 5.41) is 5.81. The van der Waals surface area contributed by atoms with E-state index in [2.05, 4.69) is 14.3 Å². The van der Waals surface area contributed by atoms with E-state index in [1.54, 1.807) is 31.3 Å². The topological polar surface area (TPSA) is 55.3 Å². The first-order valence-electron chi connectivity index (χ1n) is 8.23. The average Bonchev–Trinajstić information content (AvgIpc) is 3.21. The Hall–Kier alpha value is -2.94. The second kappa shape index (κ2) is 8.39. The second-order valence-electron chi connectivity index (χ2n) is 6.08. The third kappa shape index (κ3) is 5.29. The molecule has 0 N–H and O–H groups in total. The fourth-order valence-corrected chi connectivity index (χ4v) is 2.96. The number of aromatic nitrogens is 2. The molecule has 0 saturated heterocycles. The average molecular weight is 407 g/mol. The monoisotopic (exact) mass is 407 g/mol. The number of hydrogen-bond acceptors (Lipinski definition) is 5. The molecule has 9 heteroatoms. The van der Waals surface area contributed by atoms with Gasteiger partial charge >= 0.3 is 6.18 Å². The Morgan fingerprint density at radius 3 is 2.36 bits per heavy atom. The van der Waals surface area contributed by atoms with E-state index >= 15 is 0 Å². The van der Waals surface area contributed by atoms with Crippen molar-refractivity contribution in [2.75, 3.05) is 13.7 Å². The summed E-state index contributed by atoms with van der Waals surface area (Å²) in [5.41, 5.74) is 2.94. The van der Waals surface area contributed by atoms with Crippen LogP contribution < -0.4 is 4.74 Å². The maximum atomic E-state index is 12.6. The summed E-state index contributed by atoms with van der Waals surface area (Å²) in [6, 6.07) is 13.2. The second-order valence-corrected chi connectivity index (χ2v) is 6.69. The quantitative estimate of drug-likeness (QED) is 0.607. The van der Waals surface area contributed by atoms with Gasteiger partial charge in [0, 0.05) is 30.1 Å². The molecule has 1 amide bonds. The molecule has 28 heavy (non-hydrogen) atoms. The zero-order chi connectivity index (χ0) is 20.1. The smallest absolute Gasteiger partial charge is 0.422 e. The van der Waals surface area contributed by atoms with Gasteiger partial charge in [-0.2, -0.15) is 13.2 Å². The van der Waals surface area contributed by atoms with Crippen molar-refractivity contribution in [2.45, 2.75) is 12.7 Å². The largest absolute Gasteiger partial charge is 0.484 e. The Bertz CT molecular complexity index is 911. The van der Waals surface area contributed by atoms with Gasteiger partial charge in [-0.15, -0.1) is 5.10 Å². The lowest BCUT2D eigenvalue weighted by Crippen LogP contribution is -2.26. The molecule has 0 saturated carbocycles. The summed E-state index contributed by atoms with van der Waals surface area (Å²) < 4.78 is 45.0. The van der Waals surface area contributed by atoms with Crippen LogP contribution in [-0.2, 0) is 6.54 Å². The van der Waals surface area contributed by atoms with Gasteiger partial charge in [-0.05, 0) is 41.4 Å². The Balaban J connectivity index is 1.59. The minimum Gasteiger partial charge on any atom is -0.484 e. The highest BCUT2D eigenvalue weighted by atomic mass is 32.1. The number of benzene rings is 2. The number of nitrogens with zero attached hydrogens (tertiary/aromatic N) is 3. The van der Waals surface area contributed by atoms with Crippen LogP contribution in [0, 0.1) is 0 Å². The lowest BCUT2D eigenvalue weighted by atomic mass is 10.1. The van der Waals surface area contributed by atoms with Crippen LogP contribution in [0.5, 0.6) is 5.75 Å². The predicted molar refractivity (Wildman–Crippen MR) is 99.1 cm³/mol. The SMILES string of the molecule is CN(Cc1ccc(OCC(F)(F)F)cc1)C(=O)c1ccc(-c2csnn2)cc1. The molecular formula is C19H16F3N3O2S. The zero-order valence-electron chi connectivity index (χ0n) is 14.8. The Kier molecular flexibility index (Phi) is 5.93. The fraction of sp³-hybridized carbons (Fsp3) is 0.211. The molecule has 5 nitrogen and oxygen atoms in total. The number of hydrogen-bond donors (Lipinski definition) is 0. The molecule has 3 aromatic rings. The van der Waals surface area contributed by atoms with Crippen molar-refractivity contribution in [3.8, 4) is 17.0 Å². The van der Waals surface area contributed by atoms with Gasteiger partial charge in [0.1, 0.15) is 11.4 Å². The normalized spacial score (nSPS) is 11.3. The molecule has 0 unspecified atom stereocenters. The van der Waals surface area contributed by atoms with Gasteiger partial charge in [-0.25, -0.2) is 0 Å². The molecular weight excluding hydrogens is 391 g/mol. The van der Waals surface area contributed by atoms with Crippen LogP contribution in [0.3, 0.4) is 0 Å². The number of carbonyl (C=O) groups is 1. The van der Waals surface area contributed by atoms with Crippen LogP contribution in [0.1, 0.15) is 15.9 Å². The van der Waals surface area contributed by atoms with Crippen LogP contribution in [-0.4, -0.2) is 40.2 Å². The van der Waals surface area contributed by atoms with Crippen molar-refractivity contribution < 1.29 is 22.7 Å². The highest BCUT2D eigenvalue weighted by molar-refractivity contribution is 7.03. The van der Waals surface area contributed by atoms with E-state index in [0.29, 0.717) is 12.1 Å². The summed E-state index contributed by atoms with van der Waals surface area (Å²) in [6.07, 6.45) is -4.38. The predicted octanol–water partition coefficient (Wildman–Crippen LogP) is 4.42. The van der Waals surface area contributed by atoms with Crippen molar-refractivity contribution in [1.82, 2.24) is 14.5 Å². The molecule has 0 fully saturated rings. The van der Waals surface area contributed by atoms with E-state index in [1.165, 1.54) is 28.6 Å². The number of amides is 1. The van der Waals surface area contributed by atoms with Crippen LogP contribution in [0.25, 0.3) is 11.3 Å². The third-order valence-electron chi connectivity index (χ3n) is 3.88. The van der Waals surface area contributed by atoms with Gasteiger partial charge < -0.3 is 9.64 Å². The molecule has 0 atom stereocenters. The molecule has 0 aliphatic rings. The highest BCUT2D eigenvalue weighted by Gasteiger charge is 2.28. The Morgan fingerprint density at radius 1 is 1.11 bits per heavy atom. The first-order chi connectivity index (χ1) is 13.3. The Morgan fingerprint density at radius 2 is 1.79 bits per heavy atom. The zero-order valence-corrected chi connectivity index (χ0v) is 15.6. The lowest BCUT2D eigenvalue weighted by Gasteiger charge is -2.18. The lowest BCUT2D eigenvalue weighted by molar-refractivity contribution is -0.153. The van der Waals surface area contributed by atoms with Gasteiger partial charge in [-0.1, -0.05) is 28.8 Å². The van der Waals surface area contributed by atoms with E-state index < -0.39 is 12.8 Å². The number of alkyl halides is 3. The van der Waals surface area contributed by atoms with E-state index in [9.17, 15) is 18.0 Å². The molecule has 0 radical (unpaired) electrons. The van der Waals surface area contributed by atoms with E-state index in [0.717, 1.165) is 16.8 Å². The number of carbonyl (C=O) groups excluding carboxylic acids is 1. The minimum absolute atomic E-state index is 0.127. The molecule has 0 aliphatic heterocycles. The summed E-state index contributed by atoms with van der Waals surface area (Å²) in [6.45, 7) is -1.02. The van der Waals surface area contributed by atoms with Crippen LogP contribution >= 0.6 is 11.5 Å². The number of ether oxygens (including phenoxy) is 1. The van der Waals surface area contributed by atoms with Gasteiger partial charge in [0.05, 0.1) is 0 Å². The summed E-state index contributed by atoms with van der Waals surface area (Å²) in [7, 11) is 1.66. The summed E-state index contributed by atoms with van der Waals surface area (Å²) >= 11 is 1.26. The first kappa shape index (κ1) is 19.8. The Labute approximate surface area is 163 Å². The molecule has 3 rings (SSSR count).